The zero-order valence-corrected chi connectivity index (χ0v) is 11.8. The van der Waals surface area contributed by atoms with Crippen molar-refractivity contribution < 1.29 is 0 Å². The maximum absolute atomic E-state index is 3.47. The van der Waals surface area contributed by atoms with Crippen LogP contribution in [-0.2, 0) is 0 Å². The molecule has 1 aliphatic heterocycles. The van der Waals surface area contributed by atoms with Crippen molar-refractivity contribution >= 4 is 0 Å². The summed E-state index contributed by atoms with van der Waals surface area (Å²) in [4.78, 5) is 0. The van der Waals surface area contributed by atoms with E-state index in [4.69, 9.17) is 0 Å². The minimum absolute atomic E-state index is 0.642. The Labute approximate surface area is 107 Å². The van der Waals surface area contributed by atoms with E-state index in [0.717, 1.165) is 12.5 Å². The summed E-state index contributed by atoms with van der Waals surface area (Å²) in [6.07, 6.45) is 2.66. The van der Waals surface area contributed by atoms with Gasteiger partial charge in [-0.25, -0.2) is 0 Å². The molecule has 1 aliphatic rings. The molecule has 1 aromatic carbocycles. The van der Waals surface area contributed by atoms with Gasteiger partial charge in [0.2, 0.25) is 0 Å². The Bertz CT molecular complexity index is 294. The molecule has 0 radical (unpaired) electrons. The lowest BCUT2D eigenvalue weighted by Crippen LogP contribution is -2.28. The van der Waals surface area contributed by atoms with Gasteiger partial charge in [0.1, 0.15) is 0 Å². The monoisotopic (exact) mass is 233 g/mol. The fourth-order valence-electron chi connectivity index (χ4n) is 2.29. The Morgan fingerprint density at radius 2 is 1.76 bits per heavy atom. The Balaban J connectivity index is 0.000000686. The van der Waals surface area contributed by atoms with E-state index in [2.05, 4.69) is 43.4 Å². The predicted molar refractivity (Wildman–Crippen MR) is 76.7 cm³/mol. The van der Waals surface area contributed by atoms with Crippen LogP contribution >= 0.6 is 0 Å². The first-order valence-electron chi connectivity index (χ1n) is 7.08. The summed E-state index contributed by atoms with van der Waals surface area (Å²) in [5.74, 6) is 1.38. The quantitative estimate of drug-likeness (QED) is 0.803. The Kier molecular flexibility index (Phi) is 6.28. The smallest absolute Gasteiger partial charge is 0.00201 e. The molecule has 0 saturated carbocycles. The zero-order valence-electron chi connectivity index (χ0n) is 11.8. The van der Waals surface area contributed by atoms with Crippen molar-refractivity contribution in [2.75, 3.05) is 13.1 Å². The van der Waals surface area contributed by atoms with Gasteiger partial charge >= 0.3 is 0 Å². The summed E-state index contributed by atoms with van der Waals surface area (Å²) in [5.41, 5.74) is 2.95. The van der Waals surface area contributed by atoms with E-state index in [0.29, 0.717) is 5.92 Å². The van der Waals surface area contributed by atoms with Crippen molar-refractivity contribution in [3.8, 4) is 0 Å². The van der Waals surface area contributed by atoms with Crippen molar-refractivity contribution in [3.63, 3.8) is 0 Å². The van der Waals surface area contributed by atoms with Crippen molar-refractivity contribution in [2.24, 2.45) is 0 Å². The van der Waals surface area contributed by atoms with Crippen molar-refractivity contribution in [1.29, 1.82) is 0 Å². The molecule has 1 unspecified atom stereocenters. The van der Waals surface area contributed by atoms with Gasteiger partial charge in [0, 0.05) is 6.54 Å². The summed E-state index contributed by atoms with van der Waals surface area (Å²) in [6, 6.07) is 9.20. The molecule has 1 nitrogen and oxygen atoms in total. The van der Waals surface area contributed by atoms with Crippen LogP contribution in [0.5, 0.6) is 0 Å². The highest BCUT2D eigenvalue weighted by molar-refractivity contribution is 5.27. The van der Waals surface area contributed by atoms with Gasteiger partial charge in [0.15, 0.2) is 0 Å². The van der Waals surface area contributed by atoms with Gasteiger partial charge in [-0.3, -0.25) is 0 Å². The number of hydrogen-bond acceptors (Lipinski definition) is 1. The van der Waals surface area contributed by atoms with Gasteiger partial charge < -0.3 is 5.32 Å². The SMILES string of the molecule is CC.CC(C)c1ccc(C2CCCNC2)cc1. The number of nitrogens with one attached hydrogen (secondary N) is 1. The maximum atomic E-state index is 3.47. The van der Waals surface area contributed by atoms with E-state index in [1.807, 2.05) is 13.8 Å². The topological polar surface area (TPSA) is 12.0 Å². The van der Waals surface area contributed by atoms with Crippen molar-refractivity contribution in [2.45, 2.75) is 52.4 Å². The lowest BCUT2D eigenvalue weighted by atomic mass is 9.90. The van der Waals surface area contributed by atoms with E-state index in [-0.39, 0.29) is 0 Å². The minimum atomic E-state index is 0.642. The van der Waals surface area contributed by atoms with Gasteiger partial charge in [-0.15, -0.1) is 0 Å². The van der Waals surface area contributed by atoms with Crippen LogP contribution in [0.1, 0.15) is 63.5 Å². The van der Waals surface area contributed by atoms with Crippen molar-refractivity contribution in [3.05, 3.63) is 35.4 Å². The lowest BCUT2D eigenvalue weighted by Gasteiger charge is -2.23. The van der Waals surface area contributed by atoms with Gasteiger partial charge in [-0.1, -0.05) is 52.0 Å². The highest BCUT2D eigenvalue weighted by Gasteiger charge is 2.14. The van der Waals surface area contributed by atoms with Crippen LogP contribution in [0.25, 0.3) is 0 Å². The highest BCUT2D eigenvalue weighted by Crippen LogP contribution is 2.24. The average molecular weight is 233 g/mol. The first kappa shape index (κ1) is 14.2. The van der Waals surface area contributed by atoms with E-state index in [1.165, 1.54) is 30.5 Å². The molecule has 0 bridgehead atoms. The van der Waals surface area contributed by atoms with Crippen LogP contribution in [0.3, 0.4) is 0 Å². The molecule has 96 valence electrons. The lowest BCUT2D eigenvalue weighted by molar-refractivity contribution is 0.461. The van der Waals surface area contributed by atoms with Gasteiger partial charge in [-0.05, 0) is 42.3 Å². The Morgan fingerprint density at radius 1 is 1.12 bits per heavy atom. The minimum Gasteiger partial charge on any atom is -0.316 e. The molecule has 0 aliphatic carbocycles. The Morgan fingerprint density at radius 3 is 2.24 bits per heavy atom. The van der Waals surface area contributed by atoms with E-state index >= 15 is 0 Å². The summed E-state index contributed by atoms with van der Waals surface area (Å²) < 4.78 is 0. The molecule has 1 saturated heterocycles. The van der Waals surface area contributed by atoms with Crippen LogP contribution in [-0.4, -0.2) is 13.1 Å². The third-order valence-electron chi connectivity index (χ3n) is 3.37. The summed E-state index contributed by atoms with van der Waals surface area (Å²) in [7, 11) is 0. The van der Waals surface area contributed by atoms with E-state index < -0.39 is 0 Å². The third-order valence-corrected chi connectivity index (χ3v) is 3.37. The standard InChI is InChI=1S/C14H21N.C2H6/c1-11(2)12-5-7-13(8-6-12)14-4-3-9-15-10-14;1-2/h5-8,11,14-15H,3-4,9-10H2,1-2H3;1-2H3. The third kappa shape index (κ3) is 4.16. The van der Waals surface area contributed by atoms with Crippen molar-refractivity contribution in [1.82, 2.24) is 5.32 Å². The zero-order chi connectivity index (χ0) is 12.7. The van der Waals surface area contributed by atoms with Gasteiger partial charge in [0.05, 0.1) is 0 Å². The van der Waals surface area contributed by atoms with Gasteiger partial charge in [0.25, 0.3) is 0 Å². The molecule has 1 heterocycles. The molecule has 1 fully saturated rings. The Hall–Kier alpha value is -0.820. The fraction of sp³-hybridized carbons (Fsp3) is 0.625. The van der Waals surface area contributed by atoms with Crippen LogP contribution in [0, 0.1) is 0 Å². The summed E-state index contributed by atoms with van der Waals surface area (Å²) in [6.45, 7) is 10.8. The molecule has 1 atom stereocenters. The molecule has 1 heteroatoms. The second-order valence-corrected chi connectivity index (χ2v) is 4.86. The second kappa shape index (κ2) is 7.50. The normalized spacial score (nSPS) is 19.7. The van der Waals surface area contributed by atoms with Crippen LogP contribution in [0.2, 0.25) is 0 Å². The largest absolute Gasteiger partial charge is 0.316 e. The first-order chi connectivity index (χ1) is 8.27. The number of rotatable bonds is 2. The molecule has 1 N–H and O–H groups in total. The van der Waals surface area contributed by atoms with E-state index in [9.17, 15) is 0 Å². The molecule has 2 rings (SSSR count). The number of hydrogen-bond donors (Lipinski definition) is 1. The molecule has 17 heavy (non-hydrogen) atoms. The van der Waals surface area contributed by atoms with Crippen LogP contribution in [0.4, 0.5) is 0 Å². The molecule has 1 aromatic rings. The molecule has 0 spiro atoms. The van der Waals surface area contributed by atoms with Gasteiger partial charge in [-0.2, -0.15) is 0 Å². The fourth-order valence-corrected chi connectivity index (χ4v) is 2.29. The second-order valence-electron chi connectivity index (χ2n) is 4.86. The molecule has 0 aromatic heterocycles. The average Bonchev–Trinajstić information content (AvgIpc) is 2.42. The maximum Gasteiger partial charge on any atom is 0.00201 e. The summed E-state index contributed by atoms with van der Waals surface area (Å²) in [5, 5.41) is 3.47. The molecule has 0 amide bonds. The summed E-state index contributed by atoms with van der Waals surface area (Å²) >= 11 is 0. The van der Waals surface area contributed by atoms with Crippen LogP contribution in [0.15, 0.2) is 24.3 Å². The van der Waals surface area contributed by atoms with E-state index in [1.54, 1.807) is 0 Å². The number of benzene rings is 1. The molecular weight excluding hydrogens is 206 g/mol. The highest BCUT2D eigenvalue weighted by atomic mass is 14.9. The predicted octanol–water partition coefficient (Wildman–Crippen LogP) is 4.30. The number of piperidine rings is 1. The van der Waals surface area contributed by atoms with Crippen LogP contribution < -0.4 is 5.32 Å². The first-order valence-corrected chi connectivity index (χ1v) is 7.08. The molecular formula is C16H27N.